The number of nitrogens with one attached hydrogen (secondary N) is 1. The molecule has 0 fully saturated rings. The van der Waals surface area contributed by atoms with Gasteiger partial charge in [-0.1, -0.05) is 0 Å². The summed E-state index contributed by atoms with van der Waals surface area (Å²) >= 11 is 0. The second kappa shape index (κ2) is 4.90. The molecule has 6 nitrogen and oxygen atoms in total. The van der Waals surface area contributed by atoms with Gasteiger partial charge in [-0.15, -0.1) is 0 Å². The van der Waals surface area contributed by atoms with Crippen molar-refractivity contribution >= 4 is 11.9 Å². The van der Waals surface area contributed by atoms with Crippen LogP contribution in [0.1, 0.15) is 12.1 Å². The lowest BCUT2D eigenvalue weighted by Crippen LogP contribution is -2.25. The molecular weight excluding hydrogens is 186 g/mol. The molecule has 1 rings (SSSR count). The predicted molar refractivity (Wildman–Crippen MR) is 46.1 cm³/mol. The summed E-state index contributed by atoms with van der Waals surface area (Å²) in [5.41, 5.74) is 0.589. The number of aliphatic carboxylic acids is 1. The Morgan fingerprint density at radius 3 is 2.79 bits per heavy atom. The molecule has 0 unspecified atom stereocenters. The van der Waals surface area contributed by atoms with E-state index >= 15 is 0 Å². The van der Waals surface area contributed by atoms with Gasteiger partial charge in [-0.05, 0) is 0 Å². The van der Waals surface area contributed by atoms with Gasteiger partial charge >= 0.3 is 5.97 Å². The quantitative estimate of drug-likeness (QED) is 0.636. The summed E-state index contributed by atoms with van der Waals surface area (Å²) in [5.74, 6) is -1.69. The van der Waals surface area contributed by atoms with Crippen molar-refractivity contribution in [2.75, 3.05) is 0 Å². The smallest absolute Gasteiger partial charge is 0.312 e. The second-order valence-corrected chi connectivity index (χ2v) is 2.54. The molecule has 0 aromatic carbocycles. The highest BCUT2D eigenvalue weighted by Crippen LogP contribution is 1.89. The number of hydrogen-bond donors (Lipinski definition) is 2. The molecule has 0 saturated heterocycles. The highest BCUT2D eigenvalue weighted by atomic mass is 16.4. The van der Waals surface area contributed by atoms with Crippen molar-refractivity contribution < 1.29 is 14.7 Å². The molecule has 0 saturated carbocycles. The van der Waals surface area contributed by atoms with Gasteiger partial charge in [0.15, 0.2) is 0 Å². The third-order valence-electron chi connectivity index (χ3n) is 1.40. The van der Waals surface area contributed by atoms with E-state index in [4.69, 9.17) is 5.11 Å². The Labute approximate surface area is 80.0 Å². The van der Waals surface area contributed by atoms with E-state index in [1.165, 1.54) is 18.6 Å². The third kappa shape index (κ3) is 3.61. The minimum Gasteiger partial charge on any atom is -0.481 e. The Morgan fingerprint density at radius 1 is 1.43 bits per heavy atom. The molecule has 0 spiro atoms. The molecule has 0 aliphatic heterocycles. The molecule has 0 aliphatic rings. The number of carbonyl (C=O) groups is 2. The van der Waals surface area contributed by atoms with Crippen LogP contribution in [-0.2, 0) is 16.1 Å². The van der Waals surface area contributed by atoms with Crippen molar-refractivity contribution in [3.63, 3.8) is 0 Å². The molecule has 1 aromatic heterocycles. The van der Waals surface area contributed by atoms with Crippen LogP contribution in [0.25, 0.3) is 0 Å². The maximum atomic E-state index is 10.9. The van der Waals surface area contributed by atoms with Crippen LogP contribution in [-0.4, -0.2) is 27.0 Å². The standard InChI is InChI=1S/C8H9N3O3/c12-7(3-8(13)14)11-5-6-4-9-1-2-10-6/h1-2,4H,3,5H2,(H,11,12)(H,13,14). The van der Waals surface area contributed by atoms with E-state index in [9.17, 15) is 9.59 Å². The van der Waals surface area contributed by atoms with Crippen molar-refractivity contribution in [2.24, 2.45) is 0 Å². The van der Waals surface area contributed by atoms with Crippen LogP contribution < -0.4 is 5.32 Å². The lowest BCUT2D eigenvalue weighted by molar-refractivity contribution is -0.140. The number of amides is 1. The molecular formula is C8H9N3O3. The molecule has 6 heteroatoms. The number of carboxylic acid groups (broad SMARTS) is 1. The van der Waals surface area contributed by atoms with Crippen molar-refractivity contribution in [3.05, 3.63) is 24.3 Å². The minimum absolute atomic E-state index is 0.194. The van der Waals surface area contributed by atoms with E-state index in [-0.39, 0.29) is 6.54 Å². The molecule has 1 amide bonds. The molecule has 14 heavy (non-hydrogen) atoms. The predicted octanol–water partition coefficient (Wildman–Crippen LogP) is -0.433. The van der Waals surface area contributed by atoms with E-state index in [0.29, 0.717) is 5.69 Å². The fourth-order valence-corrected chi connectivity index (χ4v) is 0.810. The van der Waals surface area contributed by atoms with Crippen molar-refractivity contribution in [3.8, 4) is 0 Å². The maximum Gasteiger partial charge on any atom is 0.312 e. The van der Waals surface area contributed by atoms with Gasteiger partial charge in [-0.2, -0.15) is 0 Å². The van der Waals surface area contributed by atoms with Gasteiger partial charge in [0.25, 0.3) is 0 Å². The van der Waals surface area contributed by atoms with Gasteiger partial charge in [-0.25, -0.2) is 0 Å². The normalized spacial score (nSPS) is 9.43. The molecule has 0 bridgehead atoms. The molecule has 0 aliphatic carbocycles. The van der Waals surface area contributed by atoms with E-state index in [1.54, 1.807) is 0 Å². The monoisotopic (exact) mass is 195 g/mol. The number of rotatable bonds is 4. The zero-order valence-electron chi connectivity index (χ0n) is 7.30. The SMILES string of the molecule is O=C(O)CC(=O)NCc1cnccn1. The zero-order valence-corrected chi connectivity index (χ0v) is 7.30. The highest BCUT2D eigenvalue weighted by molar-refractivity contribution is 5.93. The van der Waals surface area contributed by atoms with Gasteiger partial charge in [-0.3, -0.25) is 19.6 Å². The fraction of sp³-hybridized carbons (Fsp3) is 0.250. The first kappa shape index (κ1) is 10.1. The summed E-state index contributed by atoms with van der Waals surface area (Å²) in [7, 11) is 0. The summed E-state index contributed by atoms with van der Waals surface area (Å²) in [6.07, 6.45) is 3.99. The lowest BCUT2D eigenvalue weighted by Gasteiger charge is -2.01. The Hall–Kier alpha value is -1.98. The Morgan fingerprint density at radius 2 is 2.21 bits per heavy atom. The largest absolute Gasteiger partial charge is 0.481 e. The van der Waals surface area contributed by atoms with Crippen LogP contribution in [0.3, 0.4) is 0 Å². The average molecular weight is 195 g/mol. The van der Waals surface area contributed by atoms with Crippen LogP contribution in [0.2, 0.25) is 0 Å². The summed E-state index contributed by atoms with van der Waals surface area (Å²) in [6.45, 7) is 0.194. The lowest BCUT2D eigenvalue weighted by atomic mass is 10.4. The van der Waals surface area contributed by atoms with Crippen LogP contribution >= 0.6 is 0 Å². The number of hydrogen-bond acceptors (Lipinski definition) is 4. The van der Waals surface area contributed by atoms with E-state index in [1.807, 2.05) is 0 Å². The average Bonchev–Trinajstić information content (AvgIpc) is 2.15. The van der Waals surface area contributed by atoms with E-state index < -0.39 is 18.3 Å². The van der Waals surface area contributed by atoms with Gasteiger partial charge in [0.1, 0.15) is 6.42 Å². The summed E-state index contributed by atoms with van der Waals surface area (Å²) in [4.78, 5) is 28.7. The maximum absolute atomic E-state index is 10.9. The van der Waals surface area contributed by atoms with Gasteiger partial charge < -0.3 is 10.4 Å². The van der Waals surface area contributed by atoms with Crippen LogP contribution in [0.5, 0.6) is 0 Å². The molecule has 1 heterocycles. The molecule has 2 N–H and O–H groups in total. The van der Waals surface area contributed by atoms with Crippen LogP contribution in [0.4, 0.5) is 0 Å². The molecule has 74 valence electrons. The van der Waals surface area contributed by atoms with E-state index in [2.05, 4.69) is 15.3 Å². The van der Waals surface area contributed by atoms with Crippen molar-refractivity contribution in [1.82, 2.24) is 15.3 Å². The van der Waals surface area contributed by atoms with Gasteiger partial charge in [0.2, 0.25) is 5.91 Å². The number of carboxylic acids is 1. The fourth-order valence-electron chi connectivity index (χ4n) is 0.810. The first-order valence-electron chi connectivity index (χ1n) is 3.92. The minimum atomic E-state index is -1.15. The molecule has 0 atom stereocenters. The number of nitrogens with zero attached hydrogens (tertiary/aromatic N) is 2. The summed E-state index contributed by atoms with van der Waals surface area (Å²) in [5, 5.41) is 10.7. The Kier molecular flexibility index (Phi) is 3.54. The van der Waals surface area contributed by atoms with Crippen LogP contribution in [0, 0.1) is 0 Å². The van der Waals surface area contributed by atoms with Gasteiger partial charge in [0, 0.05) is 12.4 Å². The highest BCUT2D eigenvalue weighted by Gasteiger charge is 2.06. The Balaban J connectivity index is 2.34. The molecule has 0 radical (unpaired) electrons. The first-order chi connectivity index (χ1) is 6.68. The number of aromatic nitrogens is 2. The van der Waals surface area contributed by atoms with Crippen molar-refractivity contribution in [2.45, 2.75) is 13.0 Å². The Bertz CT molecular complexity index is 326. The molecule has 1 aromatic rings. The number of carbonyl (C=O) groups excluding carboxylic acids is 1. The van der Waals surface area contributed by atoms with Crippen molar-refractivity contribution in [1.29, 1.82) is 0 Å². The third-order valence-corrected chi connectivity index (χ3v) is 1.40. The summed E-state index contributed by atoms with van der Waals surface area (Å²) < 4.78 is 0. The van der Waals surface area contributed by atoms with Gasteiger partial charge in [0.05, 0.1) is 18.4 Å². The first-order valence-corrected chi connectivity index (χ1v) is 3.92. The topological polar surface area (TPSA) is 92.2 Å². The second-order valence-electron chi connectivity index (χ2n) is 2.54. The summed E-state index contributed by atoms with van der Waals surface area (Å²) in [6, 6.07) is 0. The van der Waals surface area contributed by atoms with Crippen LogP contribution in [0.15, 0.2) is 18.6 Å². The zero-order chi connectivity index (χ0) is 10.4. The van der Waals surface area contributed by atoms with E-state index in [0.717, 1.165) is 0 Å².